The van der Waals surface area contributed by atoms with Crippen molar-refractivity contribution in [3.63, 3.8) is 0 Å². The minimum Gasteiger partial charge on any atom is -1.00 e. The molecule has 0 heterocycles. The summed E-state index contributed by atoms with van der Waals surface area (Å²) < 4.78 is 3.46. The monoisotopic (exact) mass is 442 g/mol. The Hall–Kier alpha value is 2.68. The first-order valence-electron chi connectivity index (χ1n) is 2.81. The first-order valence-corrected chi connectivity index (χ1v) is 12.6. The van der Waals surface area contributed by atoms with Gasteiger partial charge >= 0.3 is 5.32 Å². The van der Waals surface area contributed by atoms with Gasteiger partial charge in [-0.05, 0) is 45.3 Å². The molecule has 0 saturated heterocycles. The van der Waals surface area contributed by atoms with E-state index in [2.05, 4.69) is 9.74 Å². The van der Waals surface area contributed by atoms with E-state index in [9.17, 15) is 0 Å². The van der Waals surface area contributed by atoms with Crippen LogP contribution in [0.4, 0.5) is 0 Å². The van der Waals surface area contributed by atoms with Gasteiger partial charge in [0.05, 0.1) is 0 Å². The average Bonchev–Trinajstić information content (AvgIpc) is 1.73. The Balaban J connectivity index is 0. The Morgan fingerprint density at radius 2 is 1.50 bits per heavy atom. The molecule has 0 spiro atoms. The lowest BCUT2D eigenvalue weighted by molar-refractivity contribution is -0.00000251. The van der Waals surface area contributed by atoms with Crippen molar-refractivity contribution in [3.05, 3.63) is 11.0 Å². The van der Waals surface area contributed by atoms with Gasteiger partial charge in [0.2, 0.25) is 10.4 Å². The molecule has 0 aliphatic heterocycles. The van der Waals surface area contributed by atoms with E-state index in [0.29, 0.717) is 0 Å². The standard InChI is InChI=1S/C3HCl8N2P2.ClH/c4-2(1-14(6,7)8)12-3(5)13-15(9,10)11;/h1H;1H/q+1;/p-1/b2-1+,12-3+;. The first kappa shape index (κ1) is 21.0. The predicted molar refractivity (Wildman–Crippen MR) is 78.6 cm³/mol. The van der Waals surface area contributed by atoms with E-state index < -0.39 is 10.4 Å². The second-order valence-corrected chi connectivity index (χ2v) is 17.1. The van der Waals surface area contributed by atoms with Crippen LogP contribution in [0, 0.1) is 0 Å². The quantitative estimate of drug-likeness (QED) is 0.253. The lowest BCUT2D eigenvalue weighted by Gasteiger charge is -1.95. The van der Waals surface area contributed by atoms with Crippen molar-refractivity contribution in [2.24, 2.45) is 9.74 Å². The maximum Gasteiger partial charge on any atom is 0.335 e. The molecule has 0 saturated carbocycles. The molecule has 0 rings (SSSR count). The normalized spacial score (nSPS) is 14.5. The van der Waals surface area contributed by atoms with Gasteiger partial charge in [-0.1, -0.05) is 11.6 Å². The molecular weight excluding hydrogens is 445 g/mol. The third kappa shape index (κ3) is 14.7. The molecule has 0 aliphatic rings. The van der Waals surface area contributed by atoms with Crippen molar-refractivity contribution in [3.8, 4) is 0 Å². The number of aliphatic imine (C=N–C) groups is 1. The van der Waals surface area contributed by atoms with Crippen LogP contribution in [-0.2, 0) is 0 Å². The van der Waals surface area contributed by atoms with Gasteiger partial charge in [0.15, 0.2) is 5.16 Å². The summed E-state index contributed by atoms with van der Waals surface area (Å²) in [6, 6.07) is 0. The number of amidine groups is 1. The van der Waals surface area contributed by atoms with Crippen molar-refractivity contribution >= 4 is 106 Å². The van der Waals surface area contributed by atoms with Crippen molar-refractivity contribution in [1.29, 1.82) is 0 Å². The number of halogens is 9. The van der Waals surface area contributed by atoms with Gasteiger partial charge in [0.25, 0.3) is 0 Å². The van der Waals surface area contributed by atoms with Crippen molar-refractivity contribution in [2.45, 2.75) is 0 Å². The summed E-state index contributed by atoms with van der Waals surface area (Å²) in [4.78, 5) is 3.54. The van der Waals surface area contributed by atoms with Crippen molar-refractivity contribution in [1.82, 2.24) is 0 Å². The summed E-state index contributed by atoms with van der Waals surface area (Å²) in [6.07, 6.45) is 0. The second-order valence-electron chi connectivity index (χ2n) is 1.84. The Bertz CT molecular complexity index is 329. The van der Waals surface area contributed by atoms with Crippen LogP contribution in [0.25, 0.3) is 0 Å². The van der Waals surface area contributed by atoms with Crippen LogP contribution in [0.15, 0.2) is 20.7 Å². The zero-order valence-electron chi connectivity index (χ0n) is 6.77. The van der Waals surface area contributed by atoms with E-state index in [4.69, 9.17) is 90.6 Å². The highest BCUT2D eigenvalue weighted by atomic mass is 36.1. The molecule has 0 N–H and O–H groups in total. The molecule has 0 unspecified atom stereocenters. The summed E-state index contributed by atoms with van der Waals surface area (Å²) in [5, 5.41) is -6.18. The number of hydrogen-bond acceptors (Lipinski definition) is 1. The van der Waals surface area contributed by atoms with Gasteiger partial charge in [0.1, 0.15) is 39.5 Å². The zero-order valence-corrected chi connectivity index (χ0v) is 15.4. The third-order valence-electron chi connectivity index (χ3n) is 0.648. The van der Waals surface area contributed by atoms with E-state index in [1.807, 2.05) is 0 Å². The van der Waals surface area contributed by atoms with Crippen LogP contribution in [0.2, 0.25) is 0 Å². The molecule has 2 nitrogen and oxygen atoms in total. The third-order valence-corrected chi connectivity index (χ3v) is 3.79. The molecule has 0 bridgehead atoms. The smallest absolute Gasteiger partial charge is 0.335 e. The van der Waals surface area contributed by atoms with Gasteiger partial charge in [-0.2, -0.15) is 4.74 Å². The fourth-order valence-electron chi connectivity index (χ4n) is 0.354. The summed E-state index contributed by atoms with van der Waals surface area (Å²) >= 11 is 43.9. The fourth-order valence-corrected chi connectivity index (χ4v) is 4.15. The highest BCUT2D eigenvalue weighted by Crippen LogP contribution is 2.75. The van der Waals surface area contributed by atoms with E-state index in [-0.39, 0.29) is 22.9 Å². The number of rotatable bonds is 2. The highest BCUT2D eigenvalue weighted by Gasteiger charge is 2.30. The Morgan fingerprint density at radius 3 is 1.81 bits per heavy atom. The summed E-state index contributed by atoms with van der Waals surface area (Å²) in [5.74, 6) is 1.13. The SMILES string of the molecule is ClC(=C\[P+](Cl)(Cl)Cl)/N=C(\Cl)N=P(Cl)(Cl)Cl.[Cl-]. The minimum absolute atomic E-state index is 0. The van der Waals surface area contributed by atoms with Crippen LogP contribution in [0.3, 0.4) is 0 Å². The van der Waals surface area contributed by atoms with Gasteiger partial charge < -0.3 is 12.4 Å². The van der Waals surface area contributed by atoms with E-state index >= 15 is 0 Å². The minimum atomic E-state index is -2.98. The van der Waals surface area contributed by atoms with Gasteiger partial charge in [0, 0.05) is 0 Å². The number of hydrogen-bond donors (Lipinski definition) is 0. The van der Waals surface area contributed by atoms with Crippen LogP contribution in [0.5, 0.6) is 0 Å². The summed E-state index contributed by atoms with van der Waals surface area (Å²) in [6.45, 7) is 0. The lowest BCUT2D eigenvalue weighted by Crippen LogP contribution is -3.00. The Labute approximate surface area is 138 Å². The molecule has 0 atom stereocenters. The molecule has 13 heteroatoms. The first-order chi connectivity index (χ1) is 6.49. The molecule has 96 valence electrons. The average molecular weight is 446 g/mol. The van der Waals surface area contributed by atoms with E-state index in [0.717, 1.165) is 5.82 Å². The zero-order chi connectivity index (χ0) is 12.3. The van der Waals surface area contributed by atoms with E-state index in [1.165, 1.54) is 0 Å². The van der Waals surface area contributed by atoms with Crippen LogP contribution in [-0.4, -0.2) is 5.29 Å². The molecular formula is C3HCl9N2P2. The van der Waals surface area contributed by atoms with Crippen molar-refractivity contribution < 1.29 is 12.4 Å². The fraction of sp³-hybridized carbons (Fsp3) is 0. The molecule has 0 fully saturated rings. The van der Waals surface area contributed by atoms with Crippen LogP contribution < -0.4 is 12.4 Å². The summed E-state index contributed by atoms with van der Waals surface area (Å²) in [5.41, 5.74) is 0. The molecule has 0 aromatic heterocycles. The molecule has 0 aliphatic carbocycles. The Kier molecular flexibility index (Phi) is 11.5. The van der Waals surface area contributed by atoms with Crippen molar-refractivity contribution in [2.75, 3.05) is 0 Å². The molecule has 0 radical (unpaired) electrons. The molecule has 0 aromatic carbocycles. The largest absolute Gasteiger partial charge is 1.00 e. The maximum atomic E-state index is 5.58. The van der Waals surface area contributed by atoms with Gasteiger partial charge in [-0.15, -0.1) is 0 Å². The second kappa shape index (κ2) is 8.77. The molecule has 0 amide bonds. The predicted octanol–water partition coefficient (Wildman–Crippen LogP) is 4.76. The van der Waals surface area contributed by atoms with E-state index in [1.54, 1.807) is 0 Å². The van der Waals surface area contributed by atoms with Gasteiger partial charge in [-0.25, -0.2) is 4.99 Å². The van der Waals surface area contributed by atoms with Crippen LogP contribution in [0.1, 0.15) is 0 Å². The summed E-state index contributed by atoms with van der Waals surface area (Å²) in [7, 11) is 0. The number of nitrogens with zero attached hydrogens (tertiary/aromatic N) is 2. The Morgan fingerprint density at radius 1 is 1.06 bits per heavy atom. The molecule has 16 heavy (non-hydrogen) atoms. The van der Waals surface area contributed by atoms with Gasteiger partial charge in [-0.3, -0.25) is 0 Å². The topological polar surface area (TPSA) is 24.7 Å². The maximum absolute atomic E-state index is 5.58. The van der Waals surface area contributed by atoms with Crippen LogP contribution >= 0.6 is 101 Å². The molecule has 0 aromatic rings. The lowest BCUT2D eigenvalue weighted by atomic mass is 11.0. The highest BCUT2D eigenvalue weighted by molar-refractivity contribution is 8.34.